The molecule has 0 aliphatic heterocycles. The molecule has 0 fully saturated rings. The third-order valence-corrected chi connectivity index (χ3v) is 5.42. The number of rotatable bonds is 6. The number of anilines is 1. The minimum Gasteiger partial charge on any atom is -0.324 e. The highest BCUT2D eigenvalue weighted by Gasteiger charge is 2.16. The predicted molar refractivity (Wildman–Crippen MR) is 110 cm³/mol. The number of nitrogens with zero attached hydrogens (tertiary/aromatic N) is 2. The van der Waals surface area contributed by atoms with E-state index in [2.05, 4.69) is 5.32 Å². The van der Waals surface area contributed by atoms with Gasteiger partial charge in [-0.25, -0.2) is 4.79 Å². The van der Waals surface area contributed by atoms with Gasteiger partial charge in [0.25, 0.3) is 5.56 Å². The highest BCUT2D eigenvalue weighted by atomic mass is 32.1. The maximum absolute atomic E-state index is 12.9. The molecule has 0 unspecified atom stereocenters. The predicted octanol–water partition coefficient (Wildman–Crippen LogP) is 3.28. The minimum absolute atomic E-state index is 0.133. The fraction of sp³-hybridized carbons (Fsp3) is 0.350. The number of carbonyl (C=O) groups is 1. The lowest BCUT2D eigenvalue weighted by Gasteiger charge is -2.13. The summed E-state index contributed by atoms with van der Waals surface area (Å²) in [5, 5.41) is 4.64. The van der Waals surface area contributed by atoms with E-state index < -0.39 is 5.69 Å². The van der Waals surface area contributed by atoms with Crippen molar-refractivity contribution in [1.82, 2.24) is 9.13 Å². The molecular formula is C20H23N3O3S. The highest BCUT2D eigenvalue weighted by Crippen LogP contribution is 2.17. The number of aromatic nitrogens is 2. The summed E-state index contributed by atoms with van der Waals surface area (Å²) in [6, 6.07) is 7.49. The average molecular weight is 385 g/mol. The molecule has 0 aliphatic carbocycles. The summed E-state index contributed by atoms with van der Waals surface area (Å²) in [7, 11) is 0. The lowest BCUT2D eigenvalue weighted by molar-refractivity contribution is -0.116. The van der Waals surface area contributed by atoms with Crippen LogP contribution in [0.2, 0.25) is 0 Å². The first-order chi connectivity index (χ1) is 12.9. The summed E-state index contributed by atoms with van der Waals surface area (Å²) in [5.41, 5.74) is 2.60. The largest absolute Gasteiger partial charge is 0.332 e. The van der Waals surface area contributed by atoms with E-state index >= 15 is 0 Å². The summed E-state index contributed by atoms with van der Waals surface area (Å²) in [4.78, 5) is 38.0. The van der Waals surface area contributed by atoms with Crippen LogP contribution >= 0.6 is 11.3 Å². The highest BCUT2D eigenvalue weighted by molar-refractivity contribution is 7.17. The molecule has 2 heterocycles. The number of thiophene rings is 1. The maximum Gasteiger partial charge on any atom is 0.332 e. The molecule has 0 atom stereocenters. The van der Waals surface area contributed by atoms with Crippen LogP contribution in [0.15, 0.2) is 39.2 Å². The Morgan fingerprint density at radius 3 is 2.63 bits per heavy atom. The van der Waals surface area contributed by atoms with Crippen LogP contribution in [0.4, 0.5) is 5.69 Å². The van der Waals surface area contributed by atoms with Crippen molar-refractivity contribution in [3.05, 3.63) is 61.6 Å². The van der Waals surface area contributed by atoms with Gasteiger partial charge in [-0.15, -0.1) is 11.3 Å². The summed E-state index contributed by atoms with van der Waals surface area (Å²) in [5.74, 6) is -0.294. The number of amides is 1. The second kappa shape index (κ2) is 7.92. The van der Waals surface area contributed by atoms with E-state index in [1.807, 2.05) is 39.0 Å². The van der Waals surface area contributed by atoms with Gasteiger partial charge in [0.1, 0.15) is 11.2 Å². The van der Waals surface area contributed by atoms with Crippen molar-refractivity contribution in [2.75, 3.05) is 5.32 Å². The average Bonchev–Trinajstić information content (AvgIpc) is 3.11. The van der Waals surface area contributed by atoms with E-state index in [4.69, 9.17) is 0 Å². The van der Waals surface area contributed by atoms with E-state index in [0.717, 1.165) is 29.7 Å². The molecule has 1 amide bonds. The van der Waals surface area contributed by atoms with Crippen LogP contribution in [-0.2, 0) is 17.9 Å². The molecule has 6 nitrogen and oxygen atoms in total. The van der Waals surface area contributed by atoms with E-state index in [-0.39, 0.29) is 18.0 Å². The molecule has 2 aromatic heterocycles. The SMILES string of the molecule is CCCCn1c(=O)c2sccc2n(CC(=O)Nc2ccc(C)cc2C)c1=O. The van der Waals surface area contributed by atoms with Gasteiger partial charge in [-0.2, -0.15) is 0 Å². The fourth-order valence-corrected chi connectivity index (χ4v) is 3.93. The van der Waals surface area contributed by atoms with Gasteiger partial charge in [0.2, 0.25) is 5.91 Å². The van der Waals surface area contributed by atoms with Gasteiger partial charge in [0.05, 0.1) is 5.52 Å². The number of unbranched alkanes of at least 4 members (excludes halogenated alkanes) is 1. The van der Waals surface area contributed by atoms with Crippen LogP contribution in [0.3, 0.4) is 0 Å². The topological polar surface area (TPSA) is 73.1 Å². The molecule has 0 spiro atoms. The quantitative estimate of drug-likeness (QED) is 0.708. The normalized spacial score (nSPS) is 11.1. The van der Waals surface area contributed by atoms with E-state index in [9.17, 15) is 14.4 Å². The Labute approximate surface area is 161 Å². The van der Waals surface area contributed by atoms with Gasteiger partial charge in [-0.1, -0.05) is 31.0 Å². The molecule has 142 valence electrons. The Bertz CT molecular complexity index is 1110. The fourth-order valence-electron chi connectivity index (χ4n) is 3.09. The Hall–Kier alpha value is -2.67. The summed E-state index contributed by atoms with van der Waals surface area (Å²) in [6.45, 7) is 6.15. The summed E-state index contributed by atoms with van der Waals surface area (Å²) < 4.78 is 3.14. The van der Waals surface area contributed by atoms with Crippen molar-refractivity contribution in [3.63, 3.8) is 0 Å². The second-order valence-corrected chi connectivity index (χ2v) is 7.60. The van der Waals surface area contributed by atoms with Crippen molar-refractivity contribution in [3.8, 4) is 0 Å². The minimum atomic E-state index is -0.435. The first kappa shape index (κ1) is 19.1. The number of hydrogen-bond acceptors (Lipinski definition) is 4. The molecule has 0 bridgehead atoms. The number of fused-ring (bicyclic) bond motifs is 1. The monoisotopic (exact) mass is 385 g/mol. The van der Waals surface area contributed by atoms with E-state index in [1.54, 1.807) is 11.4 Å². The van der Waals surface area contributed by atoms with Crippen LogP contribution < -0.4 is 16.6 Å². The molecule has 7 heteroatoms. The van der Waals surface area contributed by atoms with Gasteiger partial charge >= 0.3 is 5.69 Å². The summed E-state index contributed by atoms with van der Waals surface area (Å²) >= 11 is 1.29. The van der Waals surface area contributed by atoms with Gasteiger partial charge in [0, 0.05) is 12.2 Å². The van der Waals surface area contributed by atoms with E-state index in [1.165, 1.54) is 20.5 Å². The molecule has 0 radical (unpaired) electrons. The lowest BCUT2D eigenvalue weighted by Crippen LogP contribution is -2.41. The zero-order chi connectivity index (χ0) is 19.6. The first-order valence-electron chi connectivity index (χ1n) is 9.00. The summed E-state index contributed by atoms with van der Waals surface area (Å²) in [6.07, 6.45) is 1.61. The van der Waals surface area contributed by atoms with Crippen molar-refractivity contribution in [2.45, 2.75) is 46.7 Å². The van der Waals surface area contributed by atoms with Crippen LogP contribution in [0.5, 0.6) is 0 Å². The zero-order valence-electron chi connectivity index (χ0n) is 15.7. The number of hydrogen-bond donors (Lipinski definition) is 1. The van der Waals surface area contributed by atoms with Crippen molar-refractivity contribution in [1.29, 1.82) is 0 Å². The number of aryl methyl sites for hydroxylation is 2. The Balaban J connectivity index is 1.96. The van der Waals surface area contributed by atoms with E-state index in [0.29, 0.717) is 16.8 Å². The van der Waals surface area contributed by atoms with Crippen LogP contribution in [0.25, 0.3) is 10.2 Å². The molecule has 0 saturated heterocycles. The molecule has 0 saturated carbocycles. The molecule has 27 heavy (non-hydrogen) atoms. The molecule has 1 N–H and O–H groups in total. The zero-order valence-corrected chi connectivity index (χ0v) is 16.6. The third-order valence-electron chi connectivity index (χ3n) is 4.53. The standard InChI is InChI=1S/C20H23N3O3S/c1-4-5-9-22-19(25)18-16(8-10-27-18)23(20(22)26)12-17(24)21-15-7-6-13(2)11-14(15)3/h6-8,10-11H,4-5,9,12H2,1-3H3,(H,21,24). The van der Waals surface area contributed by atoms with Gasteiger partial charge < -0.3 is 5.32 Å². The van der Waals surface area contributed by atoms with Crippen LogP contribution in [0.1, 0.15) is 30.9 Å². The van der Waals surface area contributed by atoms with Crippen LogP contribution in [0, 0.1) is 13.8 Å². The smallest absolute Gasteiger partial charge is 0.324 e. The van der Waals surface area contributed by atoms with Crippen molar-refractivity contribution < 1.29 is 4.79 Å². The number of carbonyl (C=O) groups excluding carboxylic acids is 1. The number of benzene rings is 1. The molecule has 3 aromatic rings. The first-order valence-corrected chi connectivity index (χ1v) is 9.88. The van der Waals surface area contributed by atoms with Gasteiger partial charge in [0.15, 0.2) is 0 Å². The molecule has 0 aliphatic rings. The Morgan fingerprint density at radius 2 is 1.93 bits per heavy atom. The molecular weight excluding hydrogens is 362 g/mol. The van der Waals surface area contributed by atoms with Crippen molar-refractivity contribution in [2.24, 2.45) is 0 Å². The van der Waals surface area contributed by atoms with Crippen molar-refractivity contribution >= 4 is 33.1 Å². The number of nitrogens with one attached hydrogen (secondary N) is 1. The Kier molecular flexibility index (Phi) is 5.60. The maximum atomic E-state index is 12.9. The van der Waals surface area contributed by atoms with Gasteiger partial charge in [-0.3, -0.25) is 18.7 Å². The van der Waals surface area contributed by atoms with Crippen LogP contribution in [-0.4, -0.2) is 15.0 Å². The molecule has 3 rings (SSSR count). The molecule has 1 aromatic carbocycles. The second-order valence-electron chi connectivity index (χ2n) is 6.68. The van der Waals surface area contributed by atoms with Gasteiger partial charge in [-0.05, 0) is 43.3 Å². The Morgan fingerprint density at radius 1 is 1.15 bits per heavy atom. The third kappa shape index (κ3) is 3.88. The lowest BCUT2D eigenvalue weighted by atomic mass is 10.1.